The van der Waals surface area contributed by atoms with E-state index in [1.807, 2.05) is 36.4 Å². The minimum absolute atomic E-state index is 0.196. The number of fused-ring (bicyclic) bond motifs is 5. The van der Waals surface area contributed by atoms with E-state index in [9.17, 15) is 9.90 Å². The molecule has 1 aromatic heterocycles. The quantitative estimate of drug-likeness (QED) is 0.560. The maximum Gasteiger partial charge on any atom is 0.335 e. The number of hydrogen-bond donors (Lipinski definition) is 2. The maximum atomic E-state index is 11.9. The first-order chi connectivity index (χ1) is 10.1. The smallest absolute Gasteiger partial charge is 0.335 e. The average molecular weight is 276 g/mol. The summed E-state index contributed by atoms with van der Waals surface area (Å²) < 4.78 is 0. The van der Waals surface area contributed by atoms with Gasteiger partial charge in [-0.05, 0) is 17.5 Å². The summed E-state index contributed by atoms with van der Waals surface area (Å²) >= 11 is 0. The molecule has 3 aromatic carbocycles. The van der Waals surface area contributed by atoms with Crippen molar-refractivity contribution in [2.24, 2.45) is 0 Å². The van der Waals surface area contributed by atoms with E-state index in [-0.39, 0.29) is 5.56 Å². The third-order valence-corrected chi connectivity index (χ3v) is 3.83. The highest BCUT2D eigenvalue weighted by atomic mass is 16.4. The van der Waals surface area contributed by atoms with Crippen LogP contribution in [-0.2, 0) is 0 Å². The van der Waals surface area contributed by atoms with Crippen LogP contribution in [0, 0.1) is 0 Å². The molecule has 21 heavy (non-hydrogen) atoms. The number of carbonyl (C=O) groups is 1. The van der Waals surface area contributed by atoms with E-state index >= 15 is 0 Å². The largest absolute Gasteiger partial charge is 0.872 e. The molecule has 0 aliphatic rings. The standard InChI is InChI=1S/C17H11NO3/c19-15-8-12-9(7-13(15)17(20)21)5-6-11-10-3-1-2-4-14(10)18-16(11)12/h1-8,18-19H,(H,20,21)/p-1. The Morgan fingerprint density at radius 1 is 1.00 bits per heavy atom. The number of hydrogen-bond acceptors (Lipinski definition) is 2. The van der Waals surface area contributed by atoms with Gasteiger partial charge in [0.15, 0.2) is 0 Å². The molecular formula is C17H10NO3-. The van der Waals surface area contributed by atoms with Crippen molar-refractivity contribution in [2.45, 2.75) is 0 Å². The lowest BCUT2D eigenvalue weighted by Gasteiger charge is -2.12. The summed E-state index contributed by atoms with van der Waals surface area (Å²) in [6.07, 6.45) is 0. The average Bonchev–Trinajstić information content (AvgIpc) is 2.85. The van der Waals surface area contributed by atoms with Crippen molar-refractivity contribution in [1.82, 2.24) is 4.98 Å². The Labute approximate surface area is 119 Å². The number of para-hydroxylation sites is 1. The molecule has 0 aliphatic heterocycles. The van der Waals surface area contributed by atoms with Gasteiger partial charge in [-0.25, -0.2) is 4.79 Å². The summed E-state index contributed by atoms with van der Waals surface area (Å²) in [6.45, 7) is 0. The Morgan fingerprint density at radius 2 is 1.81 bits per heavy atom. The molecule has 102 valence electrons. The van der Waals surface area contributed by atoms with Crippen LogP contribution in [0.4, 0.5) is 0 Å². The normalized spacial score (nSPS) is 11.4. The number of aromatic amines is 1. The third kappa shape index (κ3) is 1.59. The number of aromatic carboxylic acids is 1. The van der Waals surface area contributed by atoms with Crippen molar-refractivity contribution in [2.75, 3.05) is 0 Å². The van der Waals surface area contributed by atoms with Gasteiger partial charge < -0.3 is 15.2 Å². The summed E-state index contributed by atoms with van der Waals surface area (Å²) in [5, 5.41) is 24.6. The lowest BCUT2D eigenvalue weighted by Crippen LogP contribution is -2.03. The number of rotatable bonds is 1. The first kappa shape index (κ1) is 11.8. The number of nitrogens with one attached hydrogen (secondary N) is 1. The van der Waals surface area contributed by atoms with Gasteiger partial charge in [0.25, 0.3) is 0 Å². The topological polar surface area (TPSA) is 76.1 Å². The summed E-state index contributed by atoms with van der Waals surface area (Å²) in [6, 6.07) is 14.5. The minimum atomic E-state index is -1.20. The van der Waals surface area contributed by atoms with Crippen molar-refractivity contribution in [1.29, 1.82) is 0 Å². The van der Waals surface area contributed by atoms with Crippen molar-refractivity contribution in [3.05, 3.63) is 54.1 Å². The van der Waals surface area contributed by atoms with Crippen LogP contribution >= 0.6 is 0 Å². The first-order valence-corrected chi connectivity index (χ1v) is 6.52. The SMILES string of the molecule is O=C(O)c1cc2ccc3c4ccccc4[nH]c3c2cc1[O-]. The molecule has 0 radical (unpaired) electrons. The lowest BCUT2D eigenvalue weighted by molar-refractivity contribution is -0.268. The van der Waals surface area contributed by atoms with E-state index in [2.05, 4.69) is 4.98 Å². The fourth-order valence-corrected chi connectivity index (χ4v) is 2.84. The number of aromatic nitrogens is 1. The van der Waals surface area contributed by atoms with Crippen LogP contribution < -0.4 is 5.11 Å². The van der Waals surface area contributed by atoms with Crippen LogP contribution in [0.3, 0.4) is 0 Å². The van der Waals surface area contributed by atoms with E-state index in [0.29, 0.717) is 0 Å². The second-order valence-electron chi connectivity index (χ2n) is 5.03. The molecule has 0 bridgehead atoms. The maximum absolute atomic E-state index is 11.9. The molecule has 1 heterocycles. The summed E-state index contributed by atoms with van der Waals surface area (Å²) in [5.74, 6) is -1.67. The molecule has 0 amide bonds. The summed E-state index contributed by atoms with van der Waals surface area (Å²) in [7, 11) is 0. The van der Waals surface area contributed by atoms with Crippen LogP contribution in [-0.4, -0.2) is 16.1 Å². The molecule has 0 fully saturated rings. The zero-order chi connectivity index (χ0) is 14.6. The van der Waals surface area contributed by atoms with E-state index in [0.717, 1.165) is 32.6 Å². The van der Waals surface area contributed by atoms with Crippen molar-refractivity contribution >= 4 is 38.5 Å². The molecule has 4 nitrogen and oxygen atoms in total. The second kappa shape index (κ2) is 3.99. The number of benzene rings is 3. The van der Waals surface area contributed by atoms with Gasteiger partial charge in [-0.15, -0.1) is 0 Å². The van der Waals surface area contributed by atoms with E-state index in [4.69, 9.17) is 5.11 Å². The van der Waals surface area contributed by atoms with Crippen LogP contribution in [0.5, 0.6) is 5.75 Å². The molecule has 2 N–H and O–H groups in total. The van der Waals surface area contributed by atoms with E-state index < -0.39 is 11.7 Å². The van der Waals surface area contributed by atoms with Crippen LogP contribution in [0.25, 0.3) is 32.6 Å². The fourth-order valence-electron chi connectivity index (χ4n) is 2.84. The van der Waals surface area contributed by atoms with Gasteiger partial charge in [-0.3, -0.25) is 0 Å². The van der Waals surface area contributed by atoms with Gasteiger partial charge in [-0.1, -0.05) is 42.1 Å². The molecule has 4 rings (SSSR count). The number of carboxylic acids is 1. The third-order valence-electron chi connectivity index (χ3n) is 3.83. The molecule has 0 saturated carbocycles. The Balaban J connectivity index is 2.18. The molecule has 4 aromatic rings. The zero-order valence-corrected chi connectivity index (χ0v) is 10.9. The number of carboxylic acid groups (broad SMARTS) is 1. The van der Waals surface area contributed by atoms with Gasteiger partial charge in [-0.2, -0.15) is 0 Å². The molecule has 0 saturated heterocycles. The lowest BCUT2D eigenvalue weighted by atomic mass is 10.0. The number of H-pyrrole nitrogens is 1. The Morgan fingerprint density at radius 3 is 2.62 bits per heavy atom. The monoisotopic (exact) mass is 276 g/mol. The molecule has 0 aliphatic carbocycles. The van der Waals surface area contributed by atoms with Gasteiger partial charge in [0.1, 0.15) is 0 Å². The zero-order valence-electron chi connectivity index (χ0n) is 10.9. The Kier molecular flexibility index (Phi) is 2.24. The molecular weight excluding hydrogens is 266 g/mol. The van der Waals surface area contributed by atoms with Crippen LogP contribution in [0.2, 0.25) is 0 Å². The van der Waals surface area contributed by atoms with Gasteiger partial charge in [0.05, 0.1) is 11.1 Å². The van der Waals surface area contributed by atoms with Crippen molar-refractivity contribution in [3.8, 4) is 5.75 Å². The first-order valence-electron chi connectivity index (χ1n) is 6.52. The van der Waals surface area contributed by atoms with E-state index in [1.165, 1.54) is 12.1 Å². The van der Waals surface area contributed by atoms with Gasteiger partial charge >= 0.3 is 5.97 Å². The molecule has 0 unspecified atom stereocenters. The highest BCUT2D eigenvalue weighted by Crippen LogP contribution is 2.33. The van der Waals surface area contributed by atoms with Gasteiger partial charge in [0, 0.05) is 21.7 Å². The highest BCUT2D eigenvalue weighted by Gasteiger charge is 2.10. The van der Waals surface area contributed by atoms with Crippen molar-refractivity contribution < 1.29 is 15.0 Å². The van der Waals surface area contributed by atoms with Crippen LogP contribution in [0.1, 0.15) is 10.4 Å². The predicted octanol–water partition coefficient (Wildman–Crippen LogP) is 3.25. The highest BCUT2D eigenvalue weighted by molar-refractivity contribution is 6.17. The van der Waals surface area contributed by atoms with Crippen molar-refractivity contribution in [3.63, 3.8) is 0 Å². The van der Waals surface area contributed by atoms with Gasteiger partial charge in [0.2, 0.25) is 0 Å². The predicted molar refractivity (Wildman–Crippen MR) is 79.7 cm³/mol. The Hall–Kier alpha value is -3.01. The molecule has 0 spiro atoms. The molecule has 4 heteroatoms. The Bertz CT molecular complexity index is 1030. The fraction of sp³-hybridized carbons (Fsp3) is 0. The molecule has 0 atom stereocenters. The second-order valence-corrected chi connectivity index (χ2v) is 5.03. The summed E-state index contributed by atoms with van der Waals surface area (Å²) in [5.41, 5.74) is 1.66. The summed E-state index contributed by atoms with van der Waals surface area (Å²) in [4.78, 5) is 14.4. The van der Waals surface area contributed by atoms with E-state index in [1.54, 1.807) is 0 Å². The van der Waals surface area contributed by atoms with Crippen LogP contribution in [0.15, 0.2) is 48.5 Å². The minimum Gasteiger partial charge on any atom is -0.872 e.